The van der Waals surface area contributed by atoms with Gasteiger partial charge in [-0.05, 0) is 31.0 Å². The number of hydrogen-bond donors (Lipinski definition) is 1. The van der Waals surface area contributed by atoms with E-state index >= 15 is 0 Å². The SMILES string of the molecule is O=c1cc2c(nn1CCOc1cccc(Br)c1)CCCN2. The van der Waals surface area contributed by atoms with Crippen molar-refractivity contribution in [3.63, 3.8) is 0 Å². The Kier molecular flexibility index (Phi) is 4.24. The van der Waals surface area contributed by atoms with Gasteiger partial charge in [0.15, 0.2) is 0 Å². The average molecular weight is 350 g/mol. The van der Waals surface area contributed by atoms with Crippen LogP contribution in [-0.4, -0.2) is 22.9 Å². The molecule has 0 saturated carbocycles. The van der Waals surface area contributed by atoms with E-state index < -0.39 is 0 Å². The highest BCUT2D eigenvalue weighted by molar-refractivity contribution is 9.10. The van der Waals surface area contributed by atoms with E-state index in [0.29, 0.717) is 13.2 Å². The minimum atomic E-state index is -0.0963. The van der Waals surface area contributed by atoms with Gasteiger partial charge in [0.25, 0.3) is 5.56 Å². The minimum absolute atomic E-state index is 0.0963. The normalized spacial score (nSPS) is 13.4. The van der Waals surface area contributed by atoms with Crippen LogP contribution < -0.4 is 15.6 Å². The van der Waals surface area contributed by atoms with Crippen LogP contribution in [0.4, 0.5) is 5.69 Å². The second-order valence-electron chi connectivity index (χ2n) is 4.90. The number of rotatable bonds is 4. The topological polar surface area (TPSA) is 56.2 Å². The van der Waals surface area contributed by atoms with Crippen molar-refractivity contribution in [2.24, 2.45) is 0 Å². The van der Waals surface area contributed by atoms with Gasteiger partial charge in [-0.25, -0.2) is 4.68 Å². The zero-order chi connectivity index (χ0) is 14.7. The van der Waals surface area contributed by atoms with Crippen molar-refractivity contribution in [3.8, 4) is 5.75 Å². The highest BCUT2D eigenvalue weighted by Crippen LogP contribution is 2.18. The molecule has 1 aromatic heterocycles. The lowest BCUT2D eigenvalue weighted by Gasteiger charge is -2.17. The number of anilines is 1. The highest BCUT2D eigenvalue weighted by atomic mass is 79.9. The molecule has 0 atom stereocenters. The summed E-state index contributed by atoms with van der Waals surface area (Å²) >= 11 is 3.40. The molecule has 2 aromatic rings. The van der Waals surface area contributed by atoms with Gasteiger partial charge in [0.2, 0.25) is 0 Å². The molecule has 21 heavy (non-hydrogen) atoms. The lowest BCUT2D eigenvalue weighted by molar-refractivity contribution is 0.287. The molecule has 3 rings (SSSR count). The summed E-state index contributed by atoms with van der Waals surface area (Å²) in [6.45, 7) is 1.76. The van der Waals surface area contributed by atoms with E-state index in [1.165, 1.54) is 4.68 Å². The predicted molar refractivity (Wildman–Crippen MR) is 84.9 cm³/mol. The molecule has 0 bridgehead atoms. The first-order valence-electron chi connectivity index (χ1n) is 6.96. The summed E-state index contributed by atoms with van der Waals surface area (Å²) in [7, 11) is 0. The van der Waals surface area contributed by atoms with Crippen LogP contribution in [0.2, 0.25) is 0 Å². The molecule has 5 nitrogen and oxygen atoms in total. The number of nitrogens with zero attached hydrogens (tertiary/aromatic N) is 2. The maximum atomic E-state index is 12.0. The van der Waals surface area contributed by atoms with Crippen molar-refractivity contribution in [3.05, 3.63) is 50.9 Å². The molecule has 1 aliphatic rings. The molecule has 0 amide bonds. The molecule has 0 unspecified atom stereocenters. The molecule has 0 saturated heterocycles. The summed E-state index contributed by atoms with van der Waals surface area (Å²) in [6, 6.07) is 9.26. The maximum Gasteiger partial charge on any atom is 0.268 e. The van der Waals surface area contributed by atoms with Crippen LogP contribution in [-0.2, 0) is 13.0 Å². The van der Waals surface area contributed by atoms with Gasteiger partial charge in [0.05, 0.1) is 17.9 Å². The first-order chi connectivity index (χ1) is 10.2. The molecule has 0 radical (unpaired) electrons. The number of aryl methyl sites for hydroxylation is 1. The van der Waals surface area contributed by atoms with Crippen LogP contribution in [0, 0.1) is 0 Å². The van der Waals surface area contributed by atoms with Crippen molar-refractivity contribution in [2.45, 2.75) is 19.4 Å². The average Bonchev–Trinajstić information content (AvgIpc) is 2.48. The van der Waals surface area contributed by atoms with Crippen molar-refractivity contribution in [2.75, 3.05) is 18.5 Å². The van der Waals surface area contributed by atoms with Crippen LogP contribution >= 0.6 is 15.9 Å². The second-order valence-corrected chi connectivity index (χ2v) is 5.82. The first-order valence-corrected chi connectivity index (χ1v) is 7.75. The summed E-state index contributed by atoms with van der Waals surface area (Å²) in [5.41, 5.74) is 1.74. The van der Waals surface area contributed by atoms with E-state index in [0.717, 1.165) is 41.0 Å². The number of benzene rings is 1. The number of ether oxygens (including phenoxy) is 1. The van der Waals surface area contributed by atoms with Crippen LogP contribution in [0.5, 0.6) is 5.75 Å². The molecular weight excluding hydrogens is 334 g/mol. The van der Waals surface area contributed by atoms with Crippen molar-refractivity contribution in [1.29, 1.82) is 0 Å². The van der Waals surface area contributed by atoms with Gasteiger partial charge in [-0.2, -0.15) is 5.10 Å². The third-order valence-electron chi connectivity index (χ3n) is 3.35. The van der Waals surface area contributed by atoms with Gasteiger partial charge < -0.3 is 10.1 Å². The van der Waals surface area contributed by atoms with E-state index in [1.54, 1.807) is 6.07 Å². The Morgan fingerprint density at radius 3 is 3.14 bits per heavy atom. The van der Waals surface area contributed by atoms with Gasteiger partial charge in [-0.3, -0.25) is 4.79 Å². The molecule has 110 valence electrons. The van der Waals surface area contributed by atoms with E-state index in [4.69, 9.17) is 4.74 Å². The molecule has 1 aromatic carbocycles. The molecule has 1 N–H and O–H groups in total. The first kappa shape index (κ1) is 14.1. The molecule has 1 aliphatic heterocycles. The van der Waals surface area contributed by atoms with Crippen molar-refractivity contribution < 1.29 is 4.74 Å². The maximum absolute atomic E-state index is 12.0. The quantitative estimate of drug-likeness (QED) is 0.920. The Bertz CT molecular complexity index is 700. The van der Waals surface area contributed by atoms with Gasteiger partial charge in [-0.15, -0.1) is 0 Å². The summed E-state index contributed by atoms with van der Waals surface area (Å²) in [4.78, 5) is 12.0. The van der Waals surface area contributed by atoms with E-state index in [2.05, 4.69) is 26.3 Å². The van der Waals surface area contributed by atoms with Crippen molar-refractivity contribution in [1.82, 2.24) is 9.78 Å². The molecule has 0 aliphatic carbocycles. The summed E-state index contributed by atoms with van der Waals surface area (Å²) < 4.78 is 8.09. The Labute approximate surface area is 131 Å². The standard InChI is InChI=1S/C15H16BrN3O2/c16-11-3-1-4-12(9-11)21-8-7-19-15(20)10-14-13(18-19)5-2-6-17-14/h1,3-4,9-10,17H,2,5-8H2. The fourth-order valence-electron chi connectivity index (χ4n) is 2.31. The number of nitrogens with one attached hydrogen (secondary N) is 1. The Balaban J connectivity index is 1.66. The van der Waals surface area contributed by atoms with Gasteiger partial charge >= 0.3 is 0 Å². The molecular formula is C15H16BrN3O2. The van der Waals surface area contributed by atoms with E-state index in [1.807, 2.05) is 24.3 Å². The third kappa shape index (κ3) is 3.44. The lowest BCUT2D eigenvalue weighted by Crippen LogP contribution is -2.29. The van der Waals surface area contributed by atoms with Gasteiger partial charge in [0.1, 0.15) is 12.4 Å². The predicted octanol–water partition coefficient (Wildman–Crippen LogP) is 2.44. The summed E-state index contributed by atoms with van der Waals surface area (Å²) in [5, 5.41) is 7.62. The zero-order valence-electron chi connectivity index (χ0n) is 11.5. The Morgan fingerprint density at radius 2 is 2.29 bits per heavy atom. The fourth-order valence-corrected chi connectivity index (χ4v) is 2.69. The van der Waals surface area contributed by atoms with E-state index in [9.17, 15) is 4.79 Å². The molecule has 0 fully saturated rings. The Morgan fingerprint density at radius 1 is 1.38 bits per heavy atom. The lowest BCUT2D eigenvalue weighted by atomic mass is 10.1. The monoisotopic (exact) mass is 349 g/mol. The smallest absolute Gasteiger partial charge is 0.268 e. The highest BCUT2D eigenvalue weighted by Gasteiger charge is 2.12. The number of hydrogen-bond acceptors (Lipinski definition) is 4. The Hall–Kier alpha value is -1.82. The number of fused-ring (bicyclic) bond motifs is 1. The van der Waals surface area contributed by atoms with E-state index in [-0.39, 0.29) is 5.56 Å². The third-order valence-corrected chi connectivity index (χ3v) is 3.84. The molecule has 0 spiro atoms. The summed E-state index contributed by atoms with van der Waals surface area (Å²) in [6.07, 6.45) is 1.96. The van der Waals surface area contributed by atoms with Crippen LogP contribution in [0.15, 0.2) is 39.6 Å². The fraction of sp³-hybridized carbons (Fsp3) is 0.333. The van der Waals surface area contributed by atoms with Crippen LogP contribution in [0.25, 0.3) is 0 Å². The van der Waals surface area contributed by atoms with Gasteiger partial charge in [0, 0.05) is 17.1 Å². The molecule has 2 heterocycles. The largest absolute Gasteiger partial charge is 0.492 e. The second kappa shape index (κ2) is 6.30. The van der Waals surface area contributed by atoms with Crippen molar-refractivity contribution >= 4 is 21.6 Å². The van der Waals surface area contributed by atoms with Crippen LogP contribution in [0.3, 0.4) is 0 Å². The summed E-state index contributed by atoms with van der Waals surface area (Å²) in [5.74, 6) is 0.775. The number of aromatic nitrogens is 2. The minimum Gasteiger partial charge on any atom is -0.492 e. The number of halogens is 1. The molecule has 6 heteroatoms. The van der Waals surface area contributed by atoms with Crippen LogP contribution in [0.1, 0.15) is 12.1 Å². The van der Waals surface area contributed by atoms with Gasteiger partial charge in [-0.1, -0.05) is 22.0 Å². The zero-order valence-corrected chi connectivity index (χ0v) is 13.1.